The van der Waals surface area contributed by atoms with Crippen LogP contribution in [-0.4, -0.2) is 114 Å². The Balaban J connectivity index is 0.900. The molecule has 3 aromatic heterocycles. The topological polar surface area (TPSA) is 296 Å². The van der Waals surface area contributed by atoms with Gasteiger partial charge in [-0.1, -0.05) is 32.4 Å². The molecule has 21 nitrogen and oxygen atoms in total. The van der Waals surface area contributed by atoms with Gasteiger partial charge >= 0.3 is 5.69 Å². The van der Waals surface area contributed by atoms with Gasteiger partial charge < -0.3 is 51.5 Å². The first-order chi connectivity index (χ1) is 36.5. The molecule has 2 atom stereocenters. The number of rotatable bonds is 28. The van der Waals surface area contributed by atoms with E-state index >= 15 is 0 Å². The summed E-state index contributed by atoms with van der Waals surface area (Å²) in [6.45, 7) is 12.0. The zero-order valence-electron chi connectivity index (χ0n) is 44.2. The standard InChI is InChI=1S/C55H71N11O10/c1-7-26-65-51-49(54(74)66(27-8-2)55(65)75)63-50(64-51)38-15-19-40(20-16-38)76-32-48(71)57-24-25-58-52(72)45(31-67)62-53(73)44(29-37-13-17-39(68)18-14-37)61-47(70)12-10-9-11-23-56-46(69)22-21-41-35(5)36(6)43(60-41)30-42-33(3)28-34(4)59-42/h13-20,28,30,44-45,59,67-68H,7-12,21-27,29,31-32H2,1-6H3,(H,56,69)(H,57,71)(H,58,72)(H,61,70)(H,62,73)(H,63,64)/b43-30-/t44-,45-/m0/s1. The van der Waals surface area contributed by atoms with Crippen LogP contribution >= 0.6 is 0 Å². The number of hydrogen-bond acceptors (Lipinski definition) is 12. The number of aliphatic hydroxyl groups excluding tert-OH is 1. The zero-order valence-corrected chi connectivity index (χ0v) is 44.2. The number of aliphatic imine (C=N–C) groups is 1. The number of amides is 5. The molecule has 4 heterocycles. The maximum atomic E-state index is 13.6. The normalized spacial score (nSPS) is 13.6. The van der Waals surface area contributed by atoms with Crippen LogP contribution in [0.2, 0.25) is 0 Å². The van der Waals surface area contributed by atoms with Crippen LogP contribution in [0.4, 0.5) is 0 Å². The summed E-state index contributed by atoms with van der Waals surface area (Å²) in [5, 5.41) is 33.3. The molecule has 0 fully saturated rings. The summed E-state index contributed by atoms with van der Waals surface area (Å²) in [6, 6.07) is 12.4. The van der Waals surface area contributed by atoms with Gasteiger partial charge in [0, 0.05) is 74.6 Å². The first-order valence-corrected chi connectivity index (χ1v) is 25.9. The largest absolute Gasteiger partial charge is 0.508 e. The number of ether oxygens (including phenoxy) is 1. The highest BCUT2D eigenvalue weighted by atomic mass is 16.5. The lowest BCUT2D eigenvalue weighted by molar-refractivity contribution is -0.132. The van der Waals surface area contributed by atoms with E-state index in [1.807, 2.05) is 40.7 Å². The Morgan fingerprint density at radius 1 is 0.750 bits per heavy atom. The lowest BCUT2D eigenvalue weighted by atomic mass is 10.0. The molecule has 9 N–H and O–H groups in total. The minimum atomic E-state index is -1.38. The van der Waals surface area contributed by atoms with Gasteiger partial charge in [-0.15, -0.1) is 0 Å². The second kappa shape index (κ2) is 27.5. The molecule has 6 rings (SSSR count). The van der Waals surface area contributed by atoms with Crippen LogP contribution in [0, 0.1) is 13.8 Å². The van der Waals surface area contributed by atoms with Gasteiger partial charge in [0.15, 0.2) is 12.3 Å². The molecule has 21 heteroatoms. The van der Waals surface area contributed by atoms with Gasteiger partial charge in [-0.2, -0.15) is 0 Å². The number of H-pyrrole nitrogens is 2. The van der Waals surface area contributed by atoms with E-state index in [1.165, 1.54) is 21.3 Å². The zero-order chi connectivity index (χ0) is 54.9. The third-order valence-electron chi connectivity index (χ3n) is 12.9. The predicted molar refractivity (Wildman–Crippen MR) is 290 cm³/mol. The highest BCUT2D eigenvalue weighted by Crippen LogP contribution is 2.29. The van der Waals surface area contributed by atoms with Gasteiger partial charge in [-0.3, -0.25) is 42.9 Å². The molecule has 5 amide bonds. The lowest BCUT2D eigenvalue weighted by Crippen LogP contribution is -2.56. The third kappa shape index (κ3) is 15.5. The van der Waals surface area contributed by atoms with E-state index in [-0.39, 0.29) is 55.4 Å². The second-order valence-corrected chi connectivity index (χ2v) is 18.9. The minimum absolute atomic E-state index is 0.00150. The van der Waals surface area contributed by atoms with Crippen molar-refractivity contribution in [3.8, 4) is 22.9 Å². The number of aryl methyl sites for hydroxylation is 3. The Hall–Kier alpha value is -8.07. The van der Waals surface area contributed by atoms with Gasteiger partial charge in [0.05, 0.1) is 12.3 Å². The molecular weight excluding hydrogens is 975 g/mol. The molecule has 0 saturated heterocycles. The number of carbonyl (C=O) groups excluding carboxylic acids is 5. The van der Waals surface area contributed by atoms with Crippen molar-refractivity contribution in [2.45, 2.75) is 125 Å². The van der Waals surface area contributed by atoms with Crippen LogP contribution in [-0.2, 0) is 43.5 Å². The Labute approximate surface area is 440 Å². The fraction of sp³-hybridized carbons (Fsp3) is 0.436. The molecule has 0 aliphatic carbocycles. The second-order valence-electron chi connectivity index (χ2n) is 18.9. The van der Waals surface area contributed by atoms with Crippen LogP contribution in [0.5, 0.6) is 11.5 Å². The number of aromatic amines is 2. The van der Waals surface area contributed by atoms with Crippen molar-refractivity contribution in [1.82, 2.24) is 50.7 Å². The van der Waals surface area contributed by atoms with Crippen LogP contribution in [0.25, 0.3) is 28.6 Å². The number of carbonyl (C=O) groups is 5. The summed E-state index contributed by atoms with van der Waals surface area (Å²) in [7, 11) is 0. The maximum absolute atomic E-state index is 13.6. The Kier molecular flexibility index (Phi) is 20.7. The van der Waals surface area contributed by atoms with Gasteiger partial charge in [0.1, 0.15) is 34.9 Å². The minimum Gasteiger partial charge on any atom is -0.508 e. The van der Waals surface area contributed by atoms with Crippen molar-refractivity contribution in [2.75, 3.05) is 32.8 Å². The van der Waals surface area contributed by atoms with E-state index in [4.69, 9.17) is 9.73 Å². The van der Waals surface area contributed by atoms with Gasteiger partial charge in [0.25, 0.3) is 11.5 Å². The van der Waals surface area contributed by atoms with Crippen LogP contribution < -0.4 is 42.6 Å². The van der Waals surface area contributed by atoms with Gasteiger partial charge in [0.2, 0.25) is 23.6 Å². The van der Waals surface area contributed by atoms with Gasteiger partial charge in [-0.25, -0.2) is 9.78 Å². The smallest absolute Gasteiger partial charge is 0.332 e. The van der Waals surface area contributed by atoms with Crippen LogP contribution in [0.1, 0.15) is 102 Å². The number of aromatic hydroxyl groups is 1. The summed E-state index contributed by atoms with van der Waals surface area (Å²) in [6.07, 6.45) is 6.04. The van der Waals surface area contributed by atoms with E-state index in [9.17, 15) is 43.8 Å². The summed E-state index contributed by atoms with van der Waals surface area (Å²) in [5.74, 6) is -1.62. The van der Waals surface area contributed by atoms with Gasteiger partial charge in [-0.05, 0) is 131 Å². The maximum Gasteiger partial charge on any atom is 0.332 e. The average molecular weight is 1050 g/mol. The first kappa shape index (κ1) is 57.2. The molecule has 1 aliphatic rings. The van der Waals surface area contributed by atoms with Crippen molar-refractivity contribution < 1.29 is 38.9 Å². The molecular formula is C55H71N11O10. The molecule has 0 radical (unpaired) electrons. The first-order valence-electron chi connectivity index (χ1n) is 25.9. The molecule has 0 bridgehead atoms. The summed E-state index contributed by atoms with van der Waals surface area (Å²) >= 11 is 0. The molecule has 0 saturated carbocycles. The van der Waals surface area contributed by atoms with E-state index in [2.05, 4.69) is 54.5 Å². The van der Waals surface area contributed by atoms with Crippen molar-refractivity contribution >= 4 is 52.5 Å². The third-order valence-corrected chi connectivity index (χ3v) is 12.9. The Morgan fingerprint density at radius 2 is 1.45 bits per heavy atom. The summed E-state index contributed by atoms with van der Waals surface area (Å²) < 4.78 is 8.36. The molecule has 0 spiro atoms. The predicted octanol–water partition coefficient (Wildman–Crippen LogP) is 4.13. The molecule has 76 heavy (non-hydrogen) atoms. The van der Waals surface area contributed by atoms with E-state index in [0.29, 0.717) is 87.3 Å². The van der Waals surface area contributed by atoms with E-state index < -0.39 is 53.6 Å². The number of aliphatic hydroxyl groups is 1. The monoisotopic (exact) mass is 1050 g/mol. The van der Waals surface area contributed by atoms with Crippen molar-refractivity contribution in [1.29, 1.82) is 0 Å². The van der Waals surface area contributed by atoms with Crippen molar-refractivity contribution in [3.63, 3.8) is 0 Å². The van der Waals surface area contributed by atoms with Crippen LogP contribution in [0.3, 0.4) is 0 Å². The number of aromatic nitrogens is 5. The summed E-state index contributed by atoms with van der Waals surface area (Å²) in [5.41, 5.74) is 8.15. The number of allylic oxidation sites excluding steroid dienone is 2. The Bertz CT molecular complexity index is 3090. The molecule has 0 unspecified atom stereocenters. The van der Waals surface area contributed by atoms with Crippen LogP contribution in [0.15, 0.2) is 86.0 Å². The highest BCUT2D eigenvalue weighted by molar-refractivity contribution is 6.06. The highest BCUT2D eigenvalue weighted by Gasteiger charge is 2.27. The molecule has 5 aromatic rings. The number of unbranched alkanes of at least 4 members (excludes halogenated alkanes) is 2. The van der Waals surface area contributed by atoms with Crippen molar-refractivity contribution in [3.05, 3.63) is 115 Å². The van der Waals surface area contributed by atoms with E-state index in [1.54, 1.807) is 36.4 Å². The number of imidazole rings is 1. The fourth-order valence-corrected chi connectivity index (χ4v) is 8.66. The molecule has 2 aromatic carbocycles. The molecule has 1 aliphatic heterocycles. The number of fused-ring (bicyclic) bond motifs is 1. The number of nitrogens with zero attached hydrogens (tertiary/aromatic N) is 4. The lowest BCUT2D eigenvalue weighted by Gasteiger charge is -2.22. The SMILES string of the molecule is CCCn1c(=O)c2[nH]c(-c3ccc(OCC(=O)NCCNC(=O)[C@H](CO)NC(=O)[C@H](Cc4ccc(O)cc4)NC(=O)CCCCCNC(=O)CCC4=N/C(=C\c5[nH]c(C)cc5C)C(C)=C4C)cc3)nc2n(CCC)c1=O. The average Bonchev–Trinajstić information content (AvgIpc) is 4.10. The fourth-order valence-electron chi connectivity index (χ4n) is 8.66. The number of benzene rings is 2. The quantitative estimate of drug-likeness (QED) is 0.0321. The number of phenols is 1. The van der Waals surface area contributed by atoms with Crippen molar-refractivity contribution in [2.24, 2.45) is 4.99 Å². The van der Waals surface area contributed by atoms with E-state index in [0.717, 1.165) is 39.5 Å². The summed E-state index contributed by atoms with van der Waals surface area (Å²) in [4.78, 5) is 107. The Morgan fingerprint density at radius 3 is 2.13 bits per heavy atom. The number of phenolic OH excluding ortho intramolecular Hbond substituents is 1. The number of hydrogen-bond donors (Lipinski definition) is 9. The number of nitrogens with one attached hydrogen (secondary N) is 7. The molecule has 406 valence electrons.